The topological polar surface area (TPSA) is 46.2 Å². The maximum Gasteiger partial charge on any atom is 0.234 e. The Kier molecular flexibility index (Phi) is 1.25. The molecule has 1 amide bonds. The number of carbonyl (C=O) groups is 2. The van der Waals surface area contributed by atoms with Crippen LogP contribution in [0.3, 0.4) is 0 Å². The van der Waals surface area contributed by atoms with Crippen molar-refractivity contribution in [2.75, 3.05) is 0 Å². The van der Waals surface area contributed by atoms with Gasteiger partial charge in [-0.05, 0) is 18.3 Å². The van der Waals surface area contributed by atoms with Gasteiger partial charge in [0.15, 0.2) is 5.78 Å². The molecular formula is C10H11NO2. The number of piperidine rings is 1. The van der Waals surface area contributed by atoms with Gasteiger partial charge in [0.25, 0.3) is 0 Å². The lowest BCUT2D eigenvalue weighted by atomic mass is 9.87. The van der Waals surface area contributed by atoms with Gasteiger partial charge in [0.05, 0.1) is 0 Å². The van der Waals surface area contributed by atoms with Crippen LogP contribution in [0.25, 0.3) is 0 Å². The van der Waals surface area contributed by atoms with E-state index in [9.17, 15) is 9.59 Å². The van der Waals surface area contributed by atoms with Crippen LogP contribution < -0.4 is 5.32 Å². The number of carbonyl (C=O) groups excluding carboxylic acids is 2. The van der Waals surface area contributed by atoms with Crippen molar-refractivity contribution in [3.63, 3.8) is 0 Å². The summed E-state index contributed by atoms with van der Waals surface area (Å²) in [5.41, 5.74) is 0. The molecule has 4 atom stereocenters. The third-order valence-electron chi connectivity index (χ3n) is 3.34. The molecule has 0 radical (unpaired) electrons. The molecule has 1 saturated carbocycles. The number of Topliss-reactive ketones (excluding diaryl/α,β-unsaturated/α-hetero) is 1. The van der Waals surface area contributed by atoms with Crippen LogP contribution in [0.2, 0.25) is 0 Å². The molecule has 4 aliphatic rings. The van der Waals surface area contributed by atoms with Gasteiger partial charge >= 0.3 is 0 Å². The second-order valence-corrected chi connectivity index (χ2v) is 4.21. The molecular weight excluding hydrogens is 166 g/mol. The summed E-state index contributed by atoms with van der Waals surface area (Å²) in [5, 5.41) is 2.93. The average Bonchev–Trinajstić information content (AvgIpc) is 2.78. The van der Waals surface area contributed by atoms with Crippen molar-refractivity contribution >= 4 is 11.7 Å². The van der Waals surface area contributed by atoms with Crippen molar-refractivity contribution in [1.82, 2.24) is 5.32 Å². The minimum atomic E-state index is -0.488. The van der Waals surface area contributed by atoms with E-state index >= 15 is 0 Å². The molecule has 2 aliphatic heterocycles. The Morgan fingerprint density at radius 1 is 1.31 bits per heavy atom. The van der Waals surface area contributed by atoms with E-state index in [4.69, 9.17) is 0 Å². The van der Waals surface area contributed by atoms with E-state index in [0.29, 0.717) is 18.3 Å². The van der Waals surface area contributed by atoms with Crippen LogP contribution in [0.4, 0.5) is 0 Å². The zero-order valence-corrected chi connectivity index (χ0v) is 7.19. The van der Waals surface area contributed by atoms with Gasteiger partial charge in [0.2, 0.25) is 5.91 Å². The molecule has 0 spiro atoms. The lowest BCUT2D eigenvalue weighted by Crippen LogP contribution is -2.50. The highest BCUT2D eigenvalue weighted by Crippen LogP contribution is 2.46. The standard InChI is InChI=1S/C10H11NO2/c12-9-4-8-7-3-5(7)1-2-6(9)10(13)11-8/h1-2,5-8H,3-4H2,(H,11,13)/t5-,6+,7+,8-/m1/s1. The first-order valence-electron chi connectivity index (χ1n) is 4.77. The summed E-state index contributed by atoms with van der Waals surface area (Å²) in [5.74, 6) is 0.669. The lowest BCUT2D eigenvalue weighted by Gasteiger charge is -2.28. The zero-order valence-electron chi connectivity index (χ0n) is 7.19. The summed E-state index contributed by atoms with van der Waals surface area (Å²) in [7, 11) is 0. The molecule has 68 valence electrons. The van der Waals surface area contributed by atoms with Crippen LogP contribution in [0.5, 0.6) is 0 Å². The molecule has 2 bridgehead atoms. The SMILES string of the molecule is O=C1C[C@H]2NC(=O)[C@H]1C=C[C@@H]1C[C@@H]12. The first kappa shape index (κ1) is 7.30. The Balaban J connectivity index is 2.02. The summed E-state index contributed by atoms with van der Waals surface area (Å²) in [6.45, 7) is 0. The molecule has 1 saturated heterocycles. The Labute approximate surface area is 76.2 Å². The van der Waals surface area contributed by atoms with Crippen LogP contribution >= 0.6 is 0 Å². The van der Waals surface area contributed by atoms with Crippen molar-refractivity contribution in [3.05, 3.63) is 12.2 Å². The molecule has 0 unspecified atom stereocenters. The normalized spacial score (nSPS) is 46.5. The number of fused-ring (bicyclic) bond motifs is 2. The van der Waals surface area contributed by atoms with Gasteiger partial charge in [0.1, 0.15) is 5.92 Å². The largest absolute Gasteiger partial charge is 0.352 e. The fourth-order valence-corrected chi connectivity index (χ4v) is 2.44. The van der Waals surface area contributed by atoms with E-state index in [-0.39, 0.29) is 17.7 Å². The maximum absolute atomic E-state index is 11.5. The Hall–Kier alpha value is -1.12. The lowest BCUT2D eigenvalue weighted by molar-refractivity contribution is -0.136. The second kappa shape index (κ2) is 2.22. The average molecular weight is 177 g/mol. The third kappa shape index (κ3) is 0.961. The van der Waals surface area contributed by atoms with Gasteiger partial charge in [-0.15, -0.1) is 0 Å². The summed E-state index contributed by atoms with van der Waals surface area (Å²) in [6.07, 6.45) is 5.53. The van der Waals surface area contributed by atoms with Gasteiger partial charge in [0, 0.05) is 12.5 Å². The van der Waals surface area contributed by atoms with E-state index in [1.165, 1.54) is 0 Å². The van der Waals surface area contributed by atoms with Gasteiger partial charge in [-0.3, -0.25) is 9.59 Å². The third-order valence-corrected chi connectivity index (χ3v) is 3.34. The number of amides is 1. The van der Waals surface area contributed by atoms with Crippen LogP contribution in [0.15, 0.2) is 12.2 Å². The highest BCUT2D eigenvalue weighted by Gasteiger charge is 2.48. The first-order chi connectivity index (χ1) is 6.25. The van der Waals surface area contributed by atoms with Gasteiger partial charge in [-0.25, -0.2) is 0 Å². The number of nitrogens with one attached hydrogen (secondary N) is 1. The van der Waals surface area contributed by atoms with Crippen LogP contribution in [0.1, 0.15) is 12.8 Å². The van der Waals surface area contributed by atoms with E-state index in [0.717, 1.165) is 6.42 Å². The summed E-state index contributed by atoms with van der Waals surface area (Å²) < 4.78 is 0. The predicted molar refractivity (Wildman–Crippen MR) is 45.8 cm³/mol. The second-order valence-electron chi connectivity index (χ2n) is 4.21. The molecule has 0 aromatic rings. The molecule has 2 fully saturated rings. The highest BCUT2D eigenvalue weighted by molar-refractivity contribution is 6.05. The summed E-state index contributed by atoms with van der Waals surface area (Å²) >= 11 is 0. The summed E-state index contributed by atoms with van der Waals surface area (Å²) in [6, 6.07) is 0.131. The van der Waals surface area contributed by atoms with Crippen molar-refractivity contribution in [2.24, 2.45) is 17.8 Å². The smallest absolute Gasteiger partial charge is 0.234 e. The van der Waals surface area contributed by atoms with E-state index in [2.05, 4.69) is 11.4 Å². The summed E-state index contributed by atoms with van der Waals surface area (Å²) in [4.78, 5) is 22.9. The zero-order chi connectivity index (χ0) is 9.00. The van der Waals surface area contributed by atoms with Gasteiger partial charge in [-0.1, -0.05) is 12.2 Å². The van der Waals surface area contributed by atoms with Gasteiger partial charge in [-0.2, -0.15) is 0 Å². The Bertz CT molecular complexity index is 303. The Morgan fingerprint density at radius 3 is 2.92 bits per heavy atom. The minimum Gasteiger partial charge on any atom is -0.352 e. The highest BCUT2D eigenvalue weighted by atomic mass is 16.2. The van der Waals surface area contributed by atoms with Gasteiger partial charge < -0.3 is 5.32 Å². The fraction of sp³-hybridized carbons (Fsp3) is 0.600. The number of hydrogen-bond donors (Lipinski definition) is 1. The number of allylic oxidation sites excluding steroid dienone is 1. The molecule has 1 N–H and O–H groups in total. The van der Waals surface area contributed by atoms with Crippen LogP contribution in [-0.4, -0.2) is 17.7 Å². The molecule has 3 heteroatoms. The van der Waals surface area contributed by atoms with Crippen molar-refractivity contribution < 1.29 is 9.59 Å². The molecule has 0 aromatic carbocycles. The van der Waals surface area contributed by atoms with Crippen molar-refractivity contribution in [3.8, 4) is 0 Å². The fourth-order valence-electron chi connectivity index (χ4n) is 2.44. The molecule has 3 nitrogen and oxygen atoms in total. The van der Waals surface area contributed by atoms with E-state index in [1.54, 1.807) is 6.08 Å². The van der Waals surface area contributed by atoms with Crippen molar-refractivity contribution in [2.45, 2.75) is 18.9 Å². The molecule has 0 aromatic heterocycles. The van der Waals surface area contributed by atoms with Crippen molar-refractivity contribution in [1.29, 1.82) is 0 Å². The maximum atomic E-state index is 11.5. The predicted octanol–water partition coefficient (Wildman–Crippen LogP) is 0.266. The number of rotatable bonds is 0. The quantitative estimate of drug-likeness (QED) is 0.426. The minimum absolute atomic E-state index is 0.0929. The number of ketones is 1. The van der Waals surface area contributed by atoms with Crippen LogP contribution in [-0.2, 0) is 9.59 Å². The molecule has 13 heavy (non-hydrogen) atoms. The Morgan fingerprint density at radius 2 is 2.15 bits per heavy atom. The molecule has 2 aliphatic carbocycles. The first-order valence-corrected chi connectivity index (χ1v) is 4.77. The molecule has 2 heterocycles. The van der Waals surface area contributed by atoms with E-state index < -0.39 is 5.92 Å². The monoisotopic (exact) mass is 177 g/mol. The molecule has 4 rings (SSSR count). The van der Waals surface area contributed by atoms with E-state index in [1.807, 2.05) is 0 Å². The number of hydrogen-bond acceptors (Lipinski definition) is 2. The van der Waals surface area contributed by atoms with Crippen LogP contribution in [0, 0.1) is 17.8 Å².